The van der Waals surface area contributed by atoms with E-state index in [1.165, 1.54) is 0 Å². The number of hydrogen-bond acceptors (Lipinski definition) is 6. The van der Waals surface area contributed by atoms with Crippen molar-refractivity contribution >= 4 is 11.7 Å². The molecule has 0 N–H and O–H groups in total. The molecule has 1 aliphatic rings. The second-order valence-electron chi connectivity index (χ2n) is 5.38. The number of amides is 1. The molecule has 0 atom stereocenters. The Morgan fingerprint density at radius 3 is 2.65 bits per heavy atom. The number of rotatable bonds is 4. The minimum absolute atomic E-state index is 0.0107. The van der Waals surface area contributed by atoms with Crippen LogP contribution in [0.1, 0.15) is 5.69 Å². The van der Waals surface area contributed by atoms with Gasteiger partial charge < -0.3 is 14.5 Å². The van der Waals surface area contributed by atoms with Crippen LogP contribution < -0.4 is 9.64 Å². The van der Waals surface area contributed by atoms with Crippen LogP contribution in [0.2, 0.25) is 0 Å². The SMILES string of the molecule is Cc1ccc(N2CCN(C(=O)COc3cccnc3)CC2)nn1. The van der Waals surface area contributed by atoms with Crippen molar-refractivity contribution in [1.29, 1.82) is 0 Å². The smallest absolute Gasteiger partial charge is 0.260 e. The van der Waals surface area contributed by atoms with Crippen LogP contribution >= 0.6 is 0 Å². The molecular formula is C16H19N5O2. The third-order valence-electron chi connectivity index (χ3n) is 3.74. The lowest BCUT2D eigenvalue weighted by Gasteiger charge is -2.35. The van der Waals surface area contributed by atoms with E-state index in [1.54, 1.807) is 24.5 Å². The molecule has 3 heterocycles. The number of piperazine rings is 1. The van der Waals surface area contributed by atoms with E-state index in [0.29, 0.717) is 18.8 Å². The summed E-state index contributed by atoms with van der Waals surface area (Å²) in [5.74, 6) is 1.45. The second kappa shape index (κ2) is 7.04. The van der Waals surface area contributed by atoms with Crippen molar-refractivity contribution in [2.45, 2.75) is 6.92 Å². The first-order valence-corrected chi connectivity index (χ1v) is 7.58. The van der Waals surface area contributed by atoms with Gasteiger partial charge in [0.25, 0.3) is 5.91 Å². The number of nitrogens with zero attached hydrogens (tertiary/aromatic N) is 5. The third-order valence-corrected chi connectivity index (χ3v) is 3.74. The second-order valence-corrected chi connectivity index (χ2v) is 5.38. The first kappa shape index (κ1) is 15.2. The fourth-order valence-electron chi connectivity index (χ4n) is 2.41. The van der Waals surface area contributed by atoms with Gasteiger partial charge in [-0.05, 0) is 31.2 Å². The normalized spacial score (nSPS) is 14.7. The van der Waals surface area contributed by atoms with Crippen molar-refractivity contribution in [1.82, 2.24) is 20.1 Å². The number of aromatic nitrogens is 3. The highest BCUT2D eigenvalue weighted by molar-refractivity contribution is 5.78. The number of carbonyl (C=O) groups is 1. The lowest BCUT2D eigenvalue weighted by molar-refractivity contribution is -0.133. The number of aryl methyl sites for hydroxylation is 1. The Hall–Kier alpha value is -2.70. The van der Waals surface area contributed by atoms with Gasteiger partial charge in [0.15, 0.2) is 12.4 Å². The van der Waals surface area contributed by atoms with Crippen molar-refractivity contribution in [2.24, 2.45) is 0 Å². The molecule has 2 aromatic heterocycles. The number of pyridine rings is 1. The Morgan fingerprint density at radius 2 is 2.00 bits per heavy atom. The summed E-state index contributed by atoms with van der Waals surface area (Å²) in [6, 6.07) is 7.47. The molecule has 1 saturated heterocycles. The van der Waals surface area contributed by atoms with Crippen LogP contribution in [0.5, 0.6) is 5.75 Å². The summed E-state index contributed by atoms with van der Waals surface area (Å²) in [5, 5.41) is 8.26. The summed E-state index contributed by atoms with van der Waals surface area (Å²) < 4.78 is 5.46. The van der Waals surface area contributed by atoms with E-state index in [4.69, 9.17) is 4.74 Å². The Labute approximate surface area is 134 Å². The van der Waals surface area contributed by atoms with E-state index < -0.39 is 0 Å². The van der Waals surface area contributed by atoms with E-state index >= 15 is 0 Å². The van der Waals surface area contributed by atoms with E-state index in [2.05, 4.69) is 20.1 Å². The molecule has 0 radical (unpaired) electrons. The van der Waals surface area contributed by atoms with Gasteiger partial charge >= 0.3 is 0 Å². The molecule has 120 valence electrons. The Morgan fingerprint density at radius 1 is 1.17 bits per heavy atom. The van der Waals surface area contributed by atoms with Crippen LogP contribution in [0.15, 0.2) is 36.7 Å². The molecule has 7 heteroatoms. The molecule has 0 aromatic carbocycles. The molecule has 0 spiro atoms. The van der Waals surface area contributed by atoms with E-state index in [-0.39, 0.29) is 12.5 Å². The maximum absolute atomic E-state index is 12.2. The van der Waals surface area contributed by atoms with Gasteiger partial charge in [-0.3, -0.25) is 9.78 Å². The summed E-state index contributed by atoms with van der Waals surface area (Å²) in [6.45, 7) is 4.76. The van der Waals surface area contributed by atoms with Gasteiger partial charge in [-0.25, -0.2) is 0 Å². The van der Waals surface area contributed by atoms with E-state index in [9.17, 15) is 4.79 Å². The lowest BCUT2D eigenvalue weighted by atomic mass is 10.3. The molecule has 0 saturated carbocycles. The molecule has 1 aliphatic heterocycles. The Balaban J connectivity index is 1.48. The molecule has 3 rings (SSSR count). The fourth-order valence-corrected chi connectivity index (χ4v) is 2.41. The van der Waals surface area contributed by atoms with Crippen LogP contribution in [-0.2, 0) is 4.79 Å². The topological polar surface area (TPSA) is 71.5 Å². The zero-order valence-corrected chi connectivity index (χ0v) is 13.1. The molecule has 1 fully saturated rings. The van der Waals surface area contributed by atoms with Gasteiger partial charge in [-0.2, -0.15) is 5.10 Å². The van der Waals surface area contributed by atoms with Crippen molar-refractivity contribution in [2.75, 3.05) is 37.7 Å². The van der Waals surface area contributed by atoms with Gasteiger partial charge in [0.2, 0.25) is 0 Å². The predicted molar refractivity (Wildman–Crippen MR) is 85.3 cm³/mol. The van der Waals surface area contributed by atoms with Gasteiger partial charge in [0.1, 0.15) is 5.75 Å². The van der Waals surface area contributed by atoms with E-state index in [1.807, 2.05) is 24.0 Å². The standard InChI is InChI=1S/C16H19N5O2/c1-13-4-5-15(19-18-13)20-7-9-21(10-8-20)16(22)12-23-14-3-2-6-17-11-14/h2-6,11H,7-10,12H2,1H3. The van der Waals surface area contributed by atoms with Crippen LogP contribution in [0.4, 0.5) is 5.82 Å². The lowest BCUT2D eigenvalue weighted by Crippen LogP contribution is -2.50. The van der Waals surface area contributed by atoms with Crippen molar-refractivity contribution in [3.05, 3.63) is 42.4 Å². The number of carbonyl (C=O) groups excluding carboxylic acids is 1. The number of ether oxygens (including phenoxy) is 1. The predicted octanol–water partition coefficient (Wildman–Crippen LogP) is 0.908. The average Bonchev–Trinajstić information content (AvgIpc) is 2.61. The molecule has 0 unspecified atom stereocenters. The highest BCUT2D eigenvalue weighted by Gasteiger charge is 2.22. The van der Waals surface area contributed by atoms with Gasteiger partial charge in [-0.15, -0.1) is 5.10 Å². The number of anilines is 1. The van der Waals surface area contributed by atoms with Crippen molar-refractivity contribution in [3.8, 4) is 5.75 Å². The first-order chi connectivity index (χ1) is 11.2. The highest BCUT2D eigenvalue weighted by Crippen LogP contribution is 2.13. The van der Waals surface area contributed by atoms with Crippen molar-refractivity contribution in [3.63, 3.8) is 0 Å². The molecule has 7 nitrogen and oxygen atoms in total. The summed E-state index contributed by atoms with van der Waals surface area (Å²) in [7, 11) is 0. The molecule has 0 bridgehead atoms. The third kappa shape index (κ3) is 3.94. The molecule has 0 aliphatic carbocycles. The molecular weight excluding hydrogens is 294 g/mol. The molecule has 23 heavy (non-hydrogen) atoms. The summed E-state index contributed by atoms with van der Waals surface area (Å²) in [4.78, 5) is 20.1. The van der Waals surface area contributed by atoms with Crippen molar-refractivity contribution < 1.29 is 9.53 Å². The fraction of sp³-hybridized carbons (Fsp3) is 0.375. The van der Waals surface area contributed by atoms with Crippen LogP contribution in [0.25, 0.3) is 0 Å². The maximum atomic E-state index is 12.2. The highest BCUT2D eigenvalue weighted by atomic mass is 16.5. The largest absolute Gasteiger partial charge is 0.482 e. The quantitative estimate of drug-likeness (QED) is 0.835. The van der Waals surface area contributed by atoms with Gasteiger partial charge in [0, 0.05) is 32.4 Å². The Bertz CT molecular complexity index is 639. The van der Waals surface area contributed by atoms with Gasteiger partial charge in [0.05, 0.1) is 11.9 Å². The first-order valence-electron chi connectivity index (χ1n) is 7.58. The van der Waals surface area contributed by atoms with Gasteiger partial charge in [-0.1, -0.05) is 0 Å². The zero-order valence-electron chi connectivity index (χ0n) is 13.1. The Kier molecular flexibility index (Phi) is 4.65. The van der Waals surface area contributed by atoms with E-state index in [0.717, 1.165) is 24.6 Å². The minimum atomic E-state index is -0.0107. The molecule has 2 aromatic rings. The average molecular weight is 313 g/mol. The summed E-state index contributed by atoms with van der Waals surface area (Å²) >= 11 is 0. The summed E-state index contributed by atoms with van der Waals surface area (Å²) in [5.41, 5.74) is 0.898. The van der Waals surface area contributed by atoms with Crippen LogP contribution in [0.3, 0.4) is 0 Å². The molecule has 1 amide bonds. The minimum Gasteiger partial charge on any atom is -0.482 e. The number of hydrogen-bond donors (Lipinski definition) is 0. The monoisotopic (exact) mass is 313 g/mol. The zero-order chi connectivity index (χ0) is 16.1. The van der Waals surface area contributed by atoms with Crippen LogP contribution in [-0.4, -0.2) is 58.8 Å². The van der Waals surface area contributed by atoms with Crippen LogP contribution in [0, 0.1) is 6.92 Å². The summed E-state index contributed by atoms with van der Waals surface area (Å²) in [6.07, 6.45) is 3.27. The maximum Gasteiger partial charge on any atom is 0.260 e.